The summed E-state index contributed by atoms with van der Waals surface area (Å²) in [4.78, 5) is 0. The van der Waals surface area contributed by atoms with Gasteiger partial charge < -0.3 is 10.6 Å². The highest BCUT2D eigenvalue weighted by molar-refractivity contribution is 9.10. The second-order valence-corrected chi connectivity index (χ2v) is 5.69. The van der Waals surface area contributed by atoms with Crippen molar-refractivity contribution in [1.82, 2.24) is 10.6 Å². The second kappa shape index (κ2) is 7.14. The van der Waals surface area contributed by atoms with Crippen LogP contribution in [0.2, 0.25) is 0 Å². The first kappa shape index (κ1) is 13.1. The van der Waals surface area contributed by atoms with Gasteiger partial charge in [-0.25, -0.2) is 0 Å². The molecule has 0 aliphatic carbocycles. The third-order valence-corrected chi connectivity index (χ3v) is 3.92. The van der Waals surface area contributed by atoms with Crippen molar-refractivity contribution in [1.29, 1.82) is 0 Å². The minimum Gasteiger partial charge on any atom is -0.316 e. The number of hydrogen-bond acceptors (Lipinski definition) is 2. The van der Waals surface area contributed by atoms with E-state index in [-0.39, 0.29) is 0 Å². The van der Waals surface area contributed by atoms with E-state index >= 15 is 0 Å². The molecule has 1 heterocycles. The normalized spacial score (nSPS) is 19.7. The summed E-state index contributed by atoms with van der Waals surface area (Å²) in [6, 6.07) is 8.60. The lowest BCUT2D eigenvalue weighted by Crippen LogP contribution is -2.21. The molecular weight excluding hydrogens is 276 g/mol. The molecular formula is C14H21BrN2. The van der Waals surface area contributed by atoms with E-state index in [2.05, 4.69) is 50.8 Å². The topological polar surface area (TPSA) is 24.1 Å². The first-order chi connectivity index (χ1) is 8.34. The van der Waals surface area contributed by atoms with Crippen molar-refractivity contribution >= 4 is 15.9 Å². The van der Waals surface area contributed by atoms with Gasteiger partial charge in [-0.2, -0.15) is 0 Å². The smallest absolute Gasteiger partial charge is 0.0175 e. The summed E-state index contributed by atoms with van der Waals surface area (Å²) >= 11 is 3.45. The van der Waals surface area contributed by atoms with Crippen LogP contribution >= 0.6 is 15.9 Å². The van der Waals surface area contributed by atoms with Gasteiger partial charge in [0.15, 0.2) is 0 Å². The summed E-state index contributed by atoms with van der Waals surface area (Å²) in [7, 11) is 0. The van der Waals surface area contributed by atoms with Gasteiger partial charge in [-0.1, -0.05) is 28.1 Å². The SMILES string of the molecule is Brc1ccc(CCNCCC2CCNC2)cc1. The van der Waals surface area contributed by atoms with Gasteiger partial charge in [0.1, 0.15) is 0 Å². The molecule has 1 fully saturated rings. The fraction of sp³-hybridized carbons (Fsp3) is 0.571. The maximum Gasteiger partial charge on any atom is 0.0175 e. The van der Waals surface area contributed by atoms with Crippen molar-refractivity contribution in [2.24, 2.45) is 5.92 Å². The molecule has 1 aromatic rings. The molecule has 0 aromatic heterocycles. The van der Waals surface area contributed by atoms with Gasteiger partial charge in [-0.05, 0) is 69.1 Å². The van der Waals surface area contributed by atoms with Gasteiger partial charge in [0, 0.05) is 4.47 Å². The largest absolute Gasteiger partial charge is 0.316 e. The summed E-state index contributed by atoms with van der Waals surface area (Å²) in [6.07, 6.45) is 3.79. The maximum atomic E-state index is 3.54. The Kier molecular flexibility index (Phi) is 5.49. The van der Waals surface area contributed by atoms with Crippen LogP contribution in [0.25, 0.3) is 0 Å². The molecule has 3 heteroatoms. The molecule has 2 rings (SSSR count). The molecule has 94 valence electrons. The maximum absolute atomic E-state index is 3.54. The fourth-order valence-electron chi connectivity index (χ4n) is 2.28. The number of rotatable bonds is 6. The van der Waals surface area contributed by atoms with Gasteiger partial charge in [0.05, 0.1) is 0 Å². The van der Waals surface area contributed by atoms with Crippen LogP contribution in [0.3, 0.4) is 0 Å². The predicted molar refractivity (Wildman–Crippen MR) is 76.3 cm³/mol. The molecule has 1 aromatic carbocycles. The van der Waals surface area contributed by atoms with Crippen LogP contribution in [0.4, 0.5) is 0 Å². The number of benzene rings is 1. The van der Waals surface area contributed by atoms with Crippen LogP contribution in [0.5, 0.6) is 0 Å². The highest BCUT2D eigenvalue weighted by Crippen LogP contribution is 2.11. The highest BCUT2D eigenvalue weighted by Gasteiger charge is 2.12. The number of hydrogen-bond donors (Lipinski definition) is 2. The first-order valence-corrected chi connectivity index (χ1v) is 7.30. The lowest BCUT2D eigenvalue weighted by atomic mass is 10.1. The number of halogens is 1. The molecule has 1 aliphatic heterocycles. The average molecular weight is 297 g/mol. The van der Waals surface area contributed by atoms with Crippen LogP contribution in [0, 0.1) is 5.92 Å². The van der Waals surface area contributed by atoms with E-state index in [1.54, 1.807) is 0 Å². The van der Waals surface area contributed by atoms with E-state index in [4.69, 9.17) is 0 Å². The predicted octanol–water partition coefficient (Wildman–Crippen LogP) is 2.58. The van der Waals surface area contributed by atoms with Gasteiger partial charge in [-0.15, -0.1) is 0 Å². The van der Waals surface area contributed by atoms with E-state index in [1.165, 1.54) is 31.5 Å². The van der Waals surface area contributed by atoms with Crippen LogP contribution in [0.15, 0.2) is 28.7 Å². The van der Waals surface area contributed by atoms with Gasteiger partial charge in [0.25, 0.3) is 0 Å². The van der Waals surface area contributed by atoms with Gasteiger partial charge >= 0.3 is 0 Å². The molecule has 0 spiro atoms. The molecule has 2 N–H and O–H groups in total. The summed E-state index contributed by atoms with van der Waals surface area (Å²) in [5.41, 5.74) is 1.41. The zero-order valence-electron chi connectivity index (χ0n) is 10.2. The standard InChI is InChI=1S/C14H21BrN2/c15-14-3-1-12(2-4-14)5-8-16-9-6-13-7-10-17-11-13/h1-4,13,16-17H,5-11H2. The van der Waals surface area contributed by atoms with E-state index in [1.807, 2.05) is 0 Å². The molecule has 17 heavy (non-hydrogen) atoms. The molecule has 1 aliphatic rings. The monoisotopic (exact) mass is 296 g/mol. The van der Waals surface area contributed by atoms with E-state index in [0.717, 1.165) is 29.9 Å². The van der Waals surface area contributed by atoms with Crippen LogP contribution in [0.1, 0.15) is 18.4 Å². The second-order valence-electron chi connectivity index (χ2n) is 4.77. The van der Waals surface area contributed by atoms with E-state index in [0.29, 0.717) is 0 Å². The molecule has 0 bridgehead atoms. The molecule has 0 radical (unpaired) electrons. The van der Waals surface area contributed by atoms with E-state index in [9.17, 15) is 0 Å². The van der Waals surface area contributed by atoms with Crippen LogP contribution in [-0.2, 0) is 6.42 Å². The van der Waals surface area contributed by atoms with Crippen LogP contribution < -0.4 is 10.6 Å². The van der Waals surface area contributed by atoms with Crippen molar-refractivity contribution in [2.45, 2.75) is 19.3 Å². The lowest BCUT2D eigenvalue weighted by molar-refractivity contribution is 0.501. The lowest BCUT2D eigenvalue weighted by Gasteiger charge is -2.09. The summed E-state index contributed by atoms with van der Waals surface area (Å²) in [6.45, 7) is 4.67. The zero-order chi connectivity index (χ0) is 11.9. The van der Waals surface area contributed by atoms with Crippen molar-refractivity contribution in [3.8, 4) is 0 Å². The Morgan fingerprint density at radius 1 is 1.24 bits per heavy atom. The third kappa shape index (κ3) is 4.78. The highest BCUT2D eigenvalue weighted by atomic mass is 79.9. The average Bonchev–Trinajstić information content (AvgIpc) is 2.84. The Labute approximate surface area is 112 Å². The number of nitrogens with one attached hydrogen (secondary N) is 2. The van der Waals surface area contributed by atoms with Crippen molar-refractivity contribution in [2.75, 3.05) is 26.2 Å². The minimum absolute atomic E-state index is 0.898. The molecule has 2 nitrogen and oxygen atoms in total. The molecule has 0 amide bonds. The van der Waals surface area contributed by atoms with Crippen molar-refractivity contribution in [3.05, 3.63) is 34.3 Å². The zero-order valence-corrected chi connectivity index (χ0v) is 11.8. The van der Waals surface area contributed by atoms with Crippen LogP contribution in [-0.4, -0.2) is 26.2 Å². The van der Waals surface area contributed by atoms with Gasteiger partial charge in [-0.3, -0.25) is 0 Å². The Balaban J connectivity index is 1.55. The Hall–Kier alpha value is -0.380. The molecule has 1 unspecified atom stereocenters. The Morgan fingerprint density at radius 3 is 2.76 bits per heavy atom. The minimum atomic E-state index is 0.898. The first-order valence-electron chi connectivity index (χ1n) is 6.50. The Morgan fingerprint density at radius 2 is 2.06 bits per heavy atom. The van der Waals surface area contributed by atoms with Crippen molar-refractivity contribution < 1.29 is 0 Å². The molecule has 0 saturated carbocycles. The quantitative estimate of drug-likeness (QED) is 0.789. The molecule has 1 atom stereocenters. The molecule has 1 saturated heterocycles. The fourth-order valence-corrected chi connectivity index (χ4v) is 2.54. The Bertz CT molecular complexity index is 317. The summed E-state index contributed by atoms with van der Waals surface area (Å²) in [5.74, 6) is 0.898. The van der Waals surface area contributed by atoms with Gasteiger partial charge in [0.2, 0.25) is 0 Å². The summed E-state index contributed by atoms with van der Waals surface area (Å²) < 4.78 is 1.16. The summed E-state index contributed by atoms with van der Waals surface area (Å²) in [5, 5.41) is 6.95. The van der Waals surface area contributed by atoms with E-state index < -0.39 is 0 Å². The third-order valence-electron chi connectivity index (χ3n) is 3.40. The van der Waals surface area contributed by atoms with Crippen molar-refractivity contribution in [3.63, 3.8) is 0 Å².